The number of benzene rings is 2. The number of nitrogens with zero attached hydrogens (tertiary/aromatic N) is 3. The molecule has 1 amide bonds. The Hall–Kier alpha value is -3.56. The first-order chi connectivity index (χ1) is 15.4. The molecule has 1 heterocycles. The SMILES string of the molecule is COc1ccc(C)cc1S(=O)(=O)N(CC(=O)N/N=C/c1ccccn1)Cc1ccccc1. The smallest absolute Gasteiger partial charge is 0.255 e. The Balaban J connectivity index is 1.86. The van der Waals surface area contributed by atoms with Crippen molar-refractivity contribution in [1.82, 2.24) is 14.7 Å². The maximum atomic E-state index is 13.5. The van der Waals surface area contributed by atoms with Crippen LogP contribution >= 0.6 is 0 Å². The fourth-order valence-corrected chi connectivity index (χ4v) is 4.58. The quantitative estimate of drug-likeness (QED) is 0.397. The van der Waals surface area contributed by atoms with E-state index in [-0.39, 0.29) is 17.2 Å². The lowest BCUT2D eigenvalue weighted by atomic mass is 10.2. The second-order valence-electron chi connectivity index (χ2n) is 6.96. The Labute approximate surface area is 187 Å². The number of hydrazone groups is 1. The topological polar surface area (TPSA) is 101 Å². The van der Waals surface area contributed by atoms with Crippen molar-refractivity contribution < 1.29 is 17.9 Å². The van der Waals surface area contributed by atoms with E-state index in [1.165, 1.54) is 19.4 Å². The number of hydrogen-bond acceptors (Lipinski definition) is 6. The summed E-state index contributed by atoms with van der Waals surface area (Å²) < 4.78 is 33.4. The maximum Gasteiger partial charge on any atom is 0.255 e. The highest BCUT2D eigenvalue weighted by Gasteiger charge is 2.30. The number of carbonyl (C=O) groups excluding carboxylic acids is 1. The molecule has 2 aromatic carbocycles. The molecule has 3 rings (SSSR count). The van der Waals surface area contributed by atoms with Gasteiger partial charge in [0, 0.05) is 12.7 Å². The molecular weight excluding hydrogens is 428 g/mol. The van der Waals surface area contributed by atoms with E-state index in [1.54, 1.807) is 55.6 Å². The van der Waals surface area contributed by atoms with Crippen LogP contribution in [0.5, 0.6) is 5.75 Å². The average Bonchev–Trinajstić information content (AvgIpc) is 2.80. The van der Waals surface area contributed by atoms with Crippen molar-refractivity contribution in [3.8, 4) is 5.75 Å². The van der Waals surface area contributed by atoms with Crippen LogP contribution in [0.4, 0.5) is 0 Å². The number of carbonyl (C=O) groups is 1. The van der Waals surface area contributed by atoms with E-state index in [0.717, 1.165) is 15.4 Å². The van der Waals surface area contributed by atoms with Crippen molar-refractivity contribution in [3.63, 3.8) is 0 Å². The lowest BCUT2D eigenvalue weighted by molar-refractivity contribution is -0.121. The van der Waals surface area contributed by atoms with Gasteiger partial charge in [0.25, 0.3) is 5.91 Å². The van der Waals surface area contributed by atoms with E-state index in [4.69, 9.17) is 4.74 Å². The molecule has 0 atom stereocenters. The van der Waals surface area contributed by atoms with Gasteiger partial charge in [-0.25, -0.2) is 13.8 Å². The molecule has 0 aliphatic carbocycles. The van der Waals surface area contributed by atoms with Gasteiger partial charge in [-0.1, -0.05) is 42.5 Å². The molecule has 0 saturated heterocycles. The zero-order chi connectivity index (χ0) is 23.0. The lowest BCUT2D eigenvalue weighted by Gasteiger charge is -2.23. The second kappa shape index (κ2) is 10.7. The molecule has 0 saturated carbocycles. The highest BCUT2D eigenvalue weighted by atomic mass is 32.2. The number of nitrogens with one attached hydrogen (secondary N) is 1. The van der Waals surface area contributed by atoms with Gasteiger partial charge >= 0.3 is 0 Å². The number of ether oxygens (including phenoxy) is 1. The lowest BCUT2D eigenvalue weighted by Crippen LogP contribution is -2.39. The first-order valence-electron chi connectivity index (χ1n) is 9.82. The Morgan fingerprint density at radius 1 is 1.12 bits per heavy atom. The van der Waals surface area contributed by atoms with Gasteiger partial charge in [0.1, 0.15) is 10.6 Å². The van der Waals surface area contributed by atoms with Gasteiger partial charge in [-0.3, -0.25) is 9.78 Å². The molecule has 0 bridgehead atoms. The van der Waals surface area contributed by atoms with E-state index in [0.29, 0.717) is 5.69 Å². The Bertz CT molecular complexity index is 1180. The predicted octanol–water partition coefficient (Wildman–Crippen LogP) is 2.74. The van der Waals surface area contributed by atoms with Crippen molar-refractivity contribution >= 4 is 22.1 Å². The largest absolute Gasteiger partial charge is 0.495 e. The summed E-state index contributed by atoms with van der Waals surface area (Å²) in [5, 5.41) is 3.87. The van der Waals surface area contributed by atoms with Crippen molar-refractivity contribution in [2.75, 3.05) is 13.7 Å². The standard InChI is InChI=1S/C23H24N4O4S/c1-18-11-12-21(31-2)22(14-18)32(29,30)27(16-19-8-4-3-5-9-19)17-23(28)26-25-15-20-10-6-7-13-24-20/h3-15H,16-17H2,1-2H3,(H,26,28)/b25-15+. The van der Waals surface area contributed by atoms with E-state index in [2.05, 4.69) is 15.5 Å². The number of aromatic nitrogens is 1. The third-order valence-electron chi connectivity index (χ3n) is 4.53. The van der Waals surface area contributed by atoms with E-state index < -0.39 is 22.5 Å². The first kappa shape index (κ1) is 23.1. The van der Waals surface area contributed by atoms with Crippen LogP contribution in [0.3, 0.4) is 0 Å². The van der Waals surface area contributed by atoms with Crippen LogP contribution in [-0.4, -0.2) is 43.5 Å². The highest BCUT2D eigenvalue weighted by Crippen LogP contribution is 2.28. The number of methoxy groups -OCH3 is 1. The highest BCUT2D eigenvalue weighted by molar-refractivity contribution is 7.89. The van der Waals surface area contributed by atoms with Crippen molar-refractivity contribution in [3.05, 3.63) is 89.7 Å². The number of sulfonamides is 1. The second-order valence-corrected chi connectivity index (χ2v) is 8.87. The van der Waals surface area contributed by atoms with E-state index >= 15 is 0 Å². The van der Waals surface area contributed by atoms with Crippen LogP contribution in [0.2, 0.25) is 0 Å². The minimum Gasteiger partial charge on any atom is -0.495 e. The predicted molar refractivity (Wildman–Crippen MR) is 122 cm³/mol. The number of rotatable bonds is 9. The zero-order valence-corrected chi connectivity index (χ0v) is 18.6. The van der Waals surface area contributed by atoms with Crippen LogP contribution in [0.1, 0.15) is 16.8 Å². The summed E-state index contributed by atoms with van der Waals surface area (Å²) in [7, 11) is -2.65. The molecule has 0 spiro atoms. The van der Waals surface area contributed by atoms with Gasteiger partial charge < -0.3 is 4.74 Å². The fraction of sp³-hybridized carbons (Fsp3) is 0.174. The number of pyridine rings is 1. The summed E-state index contributed by atoms with van der Waals surface area (Å²) >= 11 is 0. The molecule has 1 aromatic heterocycles. The third kappa shape index (κ3) is 5.99. The van der Waals surface area contributed by atoms with Gasteiger partial charge in [0.05, 0.1) is 25.6 Å². The molecule has 32 heavy (non-hydrogen) atoms. The molecule has 8 nitrogen and oxygen atoms in total. The Morgan fingerprint density at radius 2 is 1.88 bits per heavy atom. The van der Waals surface area contributed by atoms with Crippen LogP contribution in [0.15, 0.2) is 82.9 Å². The van der Waals surface area contributed by atoms with Crippen LogP contribution in [0.25, 0.3) is 0 Å². The molecule has 0 aliphatic heterocycles. The minimum atomic E-state index is -4.05. The summed E-state index contributed by atoms with van der Waals surface area (Å²) in [5.74, 6) is -0.370. The van der Waals surface area contributed by atoms with Gasteiger partial charge in [0.15, 0.2) is 0 Å². The average molecular weight is 453 g/mol. The molecule has 0 unspecified atom stereocenters. The molecular formula is C23H24N4O4S. The summed E-state index contributed by atoms with van der Waals surface area (Å²) in [6, 6.07) is 19.2. The van der Waals surface area contributed by atoms with Gasteiger partial charge in [-0.15, -0.1) is 0 Å². The first-order valence-corrected chi connectivity index (χ1v) is 11.3. The van der Waals surface area contributed by atoms with Gasteiger partial charge in [-0.2, -0.15) is 9.41 Å². The van der Waals surface area contributed by atoms with Gasteiger partial charge in [0.2, 0.25) is 10.0 Å². The number of amides is 1. The third-order valence-corrected chi connectivity index (χ3v) is 6.35. The molecule has 0 aliphatic rings. The van der Waals surface area contributed by atoms with Crippen LogP contribution in [0, 0.1) is 6.92 Å². The summed E-state index contributed by atoms with van der Waals surface area (Å²) in [6.45, 7) is 1.38. The van der Waals surface area contributed by atoms with E-state index in [1.807, 2.05) is 18.2 Å². The van der Waals surface area contributed by atoms with Crippen molar-refractivity contribution in [1.29, 1.82) is 0 Å². The Morgan fingerprint density at radius 3 is 2.56 bits per heavy atom. The molecule has 0 radical (unpaired) electrons. The molecule has 166 valence electrons. The normalized spacial score (nSPS) is 11.6. The minimum absolute atomic E-state index is 0.000665. The van der Waals surface area contributed by atoms with Crippen molar-refractivity contribution in [2.45, 2.75) is 18.4 Å². The summed E-state index contributed by atoms with van der Waals surface area (Å²) in [5.41, 5.74) is 4.43. The monoisotopic (exact) mass is 452 g/mol. The van der Waals surface area contributed by atoms with Crippen LogP contribution in [-0.2, 0) is 21.4 Å². The zero-order valence-electron chi connectivity index (χ0n) is 17.8. The summed E-state index contributed by atoms with van der Waals surface area (Å²) in [6.07, 6.45) is 2.99. The van der Waals surface area contributed by atoms with Crippen LogP contribution < -0.4 is 10.2 Å². The molecule has 9 heteroatoms. The number of hydrogen-bond donors (Lipinski definition) is 1. The van der Waals surface area contributed by atoms with Crippen molar-refractivity contribution in [2.24, 2.45) is 5.10 Å². The fourth-order valence-electron chi connectivity index (χ4n) is 2.96. The van der Waals surface area contributed by atoms with E-state index in [9.17, 15) is 13.2 Å². The maximum absolute atomic E-state index is 13.5. The van der Waals surface area contributed by atoms with Gasteiger partial charge in [-0.05, 0) is 42.3 Å². The molecule has 1 N–H and O–H groups in total. The molecule has 3 aromatic rings. The Kier molecular flexibility index (Phi) is 7.69. The molecule has 0 fully saturated rings. The number of aryl methyl sites for hydroxylation is 1. The summed E-state index contributed by atoms with van der Waals surface area (Å²) in [4.78, 5) is 16.6.